The summed E-state index contributed by atoms with van der Waals surface area (Å²) in [5.74, 6) is 0.155. The van der Waals surface area contributed by atoms with E-state index in [1.807, 2.05) is 30.3 Å². The van der Waals surface area contributed by atoms with Gasteiger partial charge in [-0.2, -0.15) is 0 Å². The van der Waals surface area contributed by atoms with Gasteiger partial charge in [-0.05, 0) is 24.1 Å². The van der Waals surface area contributed by atoms with Crippen molar-refractivity contribution in [3.8, 4) is 0 Å². The van der Waals surface area contributed by atoms with Crippen LogP contribution in [0.15, 0.2) is 54.6 Å². The smallest absolute Gasteiger partial charge is 0.253 e. The van der Waals surface area contributed by atoms with Crippen molar-refractivity contribution in [2.45, 2.75) is 12.5 Å². The average Bonchev–Trinajstić information content (AvgIpc) is 2.48. The van der Waals surface area contributed by atoms with E-state index >= 15 is 0 Å². The zero-order chi connectivity index (χ0) is 14.4. The van der Waals surface area contributed by atoms with Crippen molar-refractivity contribution in [3.05, 3.63) is 70.7 Å². The van der Waals surface area contributed by atoms with Crippen molar-refractivity contribution in [1.82, 2.24) is 5.32 Å². The Morgan fingerprint density at radius 3 is 2.35 bits per heavy atom. The van der Waals surface area contributed by atoms with E-state index in [0.29, 0.717) is 22.9 Å². The molecule has 1 N–H and O–H groups in total. The molecule has 2 rings (SSSR count). The molecule has 0 heterocycles. The predicted octanol–water partition coefficient (Wildman–Crippen LogP) is 3.92. The van der Waals surface area contributed by atoms with Gasteiger partial charge in [-0.25, -0.2) is 0 Å². The summed E-state index contributed by atoms with van der Waals surface area (Å²) in [6.45, 7) is 0. The molecule has 0 aliphatic rings. The molecule has 2 nitrogen and oxygen atoms in total. The van der Waals surface area contributed by atoms with Crippen molar-refractivity contribution in [2.75, 3.05) is 5.88 Å². The number of alkyl halides is 1. The molecule has 4 heteroatoms. The van der Waals surface area contributed by atoms with Gasteiger partial charge in [0.1, 0.15) is 0 Å². The van der Waals surface area contributed by atoms with Crippen LogP contribution in [0.1, 0.15) is 15.9 Å². The molecule has 0 radical (unpaired) electrons. The molecule has 0 unspecified atom stereocenters. The third kappa shape index (κ3) is 3.99. The van der Waals surface area contributed by atoms with Crippen molar-refractivity contribution in [3.63, 3.8) is 0 Å². The molecule has 2 aromatic rings. The Hall–Kier alpha value is -1.51. The summed E-state index contributed by atoms with van der Waals surface area (Å²) < 4.78 is 0. The van der Waals surface area contributed by atoms with Crippen LogP contribution in [0.2, 0.25) is 5.02 Å². The summed E-state index contributed by atoms with van der Waals surface area (Å²) in [5, 5.41) is 3.36. The Bertz CT molecular complexity index is 572. The van der Waals surface area contributed by atoms with E-state index in [4.69, 9.17) is 23.2 Å². The molecule has 20 heavy (non-hydrogen) atoms. The van der Waals surface area contributed by atoms with Gasteiger partial charge in [-0.1, -0.05) is 54.1 Å². The van der Waals surface area contributed by atoms with Gasteiger partial charge in [-0.3, -0.25) is 4.79 Å². The quantitative estimate of drug-likeness (QED) is 0.833. The Morgan fingerprint density at radius 1 is 1.05 bits per heavy atom. The van der Waals surface area contributed by atoms with Crippen molar-refractivity contribution in [2.24, 2.45) is 0 Å². The maximum Gasteiger partial charge on any atom is 0.253 e. The standard InChI is InChI=1S/C16H15Cl2NO/c17-11-13(10-12-6-2-1-3-7-12)19-16(20)14-8-4-5-9-15(14)18/h1-9,13H,10-11H2,(H,19,20)/t13-/m0/s1. The summed E-state index contributed by atoms with van der Waals surface area (Å²) >= 11 is 12.0. The van der Waals surface area contributed by atoms with Crippen LogP contribution < -0.4 is 5.32 Å². The molecule has 0 bridgehead atoms. The third-order valence-corrected chi connectivity index (χ3v) is 3.67. The number of amides is 1. The summed E-state index contributed by atoms with van der Waals surface area (Å²) in [7, 11) is 0. The number of benzene rings is 2. The molecule has 2 aromatic carbocycles. The maximum absolute atomic E-state index is 12.2. The molecule has 0 aliphatic carbocycles. The molecule has 0 saturated heterocycles. The molecule has 1 amide bonds. The van der Waals surface area contributed by atoms with E-state index in [1.54, 1.807) is 24.3 Å². The monoisotopic (exact) mass is 307 g/mol. The molecule has 0 fully saturated rings. The fraction of sp³-hybridized carbons (Fsp3) is 0.188. The van der Waals surface area contributed by atoms with Crippen molar-refractivity contribution in [1.29, 1.82) is 0 Å². The molecule has 104 valence electrons. The highest BCUT2D eigenvalue weighted by Gasteiger charge is 2.15. The second-order valence-electron chi connectivity index (χ2n) is 4.49. The second-order valence-corrected chi connectivity index (χ2v) is 5.21. The van der Waals surface area contributed by atoms with E-state index in [0.717, 1.165) is 5.56 Å². The van der Waals surface area contributed by atoms with Crippen LogP contribution >= 0.6 is 23.2 Å². The van der Waals surface area contributed by atoms with Crippen LogP contribution in [0.5, 0.6) is 0 Å². The molecule has 0 saturated carbocycles. The van der Waals surface area contributed by atoms with E-state index in [2.05, 4.69) is 5.32 Å². The van der Waals surface area contributed by atoms with Crippen LogP contribution in [0, 0.1) is 0 Å². The molecule has 0 spiro atoms. The maximum atomic E-state index is 12.2. The summed E-state index contributed by atoms with van der Waals surface area (Å²) in [6.07, 6.45) is 0.695. The number of nitrogens with one attached hydrogen (secondary N) is 1. The second kappa shape index (κ2) is 7.32. The van der Waals surface area contributed by atoms with Gasteiger partial charge in [-0.15, -0.1) is 11.6 Å². The molecular formula is C16H15Cl2NO. The minimum Gasteiger partial charge on any atom is -0.348 e. The van der Waals surface area contributed by atoms with Crippen LogP contribution in [0.25, 0.3) is 0 Å². The Kier molecular flexibility index (Phi) is 5.45. The van der Waals surface area contributed by atoms with Gasteiger partial charge < -0.3 is 5.32 Å². The molecule has 1 atom stereocenters. The fourth-order valence-electron chi connectivity index (χ4n) is 1.95. The Balaban J connectivity index is 2.03. The topological polar surface area (TPSA) is 29.1 Å². The van der Waals surface area contributed by atoms with Crippen LogP contribution in [0.4, 0.5) is 0 Å². The van der Waals surface area contributed by atoms with E-state index in [1.165, 1.54) is 0 Å². The third-order valence-electron chi connectivity index (χ3n) is 2.96. The largest absolute Gasteiger partial charge is 0.348 e. The summed E-state index contributed by atoms with van der Waals surface area (Å²) in [6, 6.07) is 16.8. The zero-order valence-corrected chi connectivity index (χ0v) is 12.4. The minimum absolute atomic E-state index is 0.122. The minimum atomic E-state index is -0.197. The molecule has 0 aliphatic heterocycles. The Labute approximate surface area is 128 Å². The van der Waals surface area contributed by atoms with Gasteiger partial charge in [0, 0.05) is 11.9 Å². The first kappa shape index (κ1) is 14.9. The number of hydrogen-bond acceptors (Lipinski definition) is 1. The van der Waals surface area contributed by atoms with Gasteiger partial charge in [0.2, 0.25) is 0 Å². The first-order chi connectivity index (χ1) is 9.70. The number of carbonyl (C=O) groups is 1. The lowest BCUT2D eigenvalue weighted by Gasteiger charge is -2.16. The summed E-state index contributed by atoms with van der Waals surface area (Å²) in [4.78, 5) is 12.2. The highest BCUT2D eigenvalue weighted by molar-refractivity contribution is 6.33. The summed E-state index contributed by atoms with van der Waals surface area (Å²) in [5.41, 5.74) is 1.61. The highest BCUT2D eigenvalue weighted by Crippen LogP contribution is 2.15. The zero-order valence-electron chi connectivity index (χ0n) is 10.9. The van der Waals surface area contributed by atoms with Gasteiger partial charge in [0.05, 0.1) is 10.6 Å². The lowest BCUT2D eigenvalue weighted by molar-refractivity contribution is 0.0940. The first-order valence-electron chi connectivity index (χ1n) is 6.36. The van der Waals surface area contributed by atoms with Gasteiger partial charge >= 0.3 is 0 Å². The van der Waals surface area contributed by atoms with Crippen LogP contribution in [0.3, 0.4) is 0 Å². The average molecular weight is 308 g/mol. The SMILES string of the molecule is O=C(N[C@H](CCl)Cc1ccccc1)c1ccccc1Cl. The van der Waals surface area contributed by atoms with Gasteiger partial charge in [0.25, 0.3) is 5.91 Å². The molecular weight excluding hydrogens is 293 g/mol. The fourth-order valence-corrected chi connectivity index (χ4v) is 2.36. The number of rotatable bonds is 5. The van der Waals surface area contributed by atoms with Crippen molar-refractivity contribution >= 4 is 29.1 Å². The first-order valence-corrected chi connectivity index (χ1v) is 7.27. The number of halogens is 2. The van der Waals surface area contributed by atoms with Crippen molar-refractivity contribution < 1.29 is 4.79 Å². The van der Waals surface area contributed by atoms with E-state index in [-0.39, 0.29) is 11.9 Å². The van der Waals surface area contributed by atoms with Crippen LogP contribution in [-0.4, -0.2) is 17.8 Å². The normalized spacial score (nSPS) is 11.9. The lowest BCUT2D eigenvalue weighted by Crippen LogP contribution is -2.37. The van der Waals surface area contributed by atoms with Gasteiger partial charge in [0.15, 0.2) is 0 Å². The van der Waals surface area contributed by atoms with E-state index in [9.17, 15) is 4.79 Å². The van der Waals surface area contributed by atoms with E-state index < -0.39 is 0 Å². The highest BCUT2D eigenvalue weighted by atomic mass is 35.5. The Morgan fingerprint density at radius 2 is 1.70 bits per heavy atom. The molecule has 0 aromatic heterocycles. The predicted molar refractivity (Wildman–Crippen MR) is 83.6 cm³/mol. The lowest BCUT2D eigenvalue weighted by atomic mass is 10.1. The number of hydrogen-bond donors (Lipinski definition) is 1. The van der Waals surface area contributed by atoms with Crippen LogP contribution in [-0.2, 0) is 6.42 Å². The number of carbonyl (C=O) groups excluding carboxylic acids is 1.